The molecular formula is C17H28Cl2N4OS. The predicted molar refractivity (Wildman–Crippen MR) is 106 cm³/mol. The Kier molecular flexibility index (Phi) is 7.52. The van der Waals surface area contributed by atoms with Crippen LogP contribution in [-0.4, -0.2) is 60.0 Å². The molecule has 25 heavy (non-hydrogen) atoms. The molecule has 2 aliphatic heterocycles. The van der Waals surface area contributed by atoms with E-state index in [1.165, 1.54) is 19.3 Å². The standard InChI is InChI=1S/C17H26N4OS.2ClH/c22-16(17-4-2-1-3-14(17)9-18-12-17)21-7-5-20(6-8-21)10-15-11-23-13-19-15;;/h11,13-14,18H,1-10,12H2;2*1H/t14-,17+;;/m0../s1. The third-order valence-electron chi connectivity index (χ3n) is 5.99. The third kappa shape index (κ3) is 4.14. The predicted octanol–water partition coefficient (Wildman–Crippen LogP) is 2.41. The van der Waals surface area contributed by atoms with E-state index in [1.54, 1.807) is 11.3 Å². The molecule has 1 saturated carbocycles. The zero-order valence-corrected chi connectivity index (χ0v) is 16.9. The zero-order chi connectivity index (χ0) is 15.7. The fraction of sp³-hybridized carbons (Fsp3) is 0.765. The van der Waals surface area contributed by atoms with E-state index in [4.69, 9.17) is 0 Å². The van der Waals surface area contributed by atoms with Crippen LogP contribution in [0.25, 0.3) is 0 Å². The van der Waals surface area contributed by atoms with Gasteiger partial charge in [-0.05, 0) is 25.3 Å². The lowest BCUT2D eigenvalue weighted by atomic mass is 9.67. The van der Waals surface area contributed by atoms with E-state index in [9.17, 15) is 4.79 Å². The van der Waals surface area contributed by atoms with Crippen LogP contribution in [0.5, 0.6) is 0 Å². The second-order valence-corrected chi connectivity index (χ2v) is 8.00. The second-order valence-electron chi connectivity index (χ2n) is 7.28. The van der Waals surface area contributed by atoms with E-state index >= 15 is 0 Å². The molecule has 3 heterocycles. The quantitative estimate of drug-likeness (QED) is 0.836. The Morgan fingerprint density at radius 1 is 1.28 bits per heavy atom. The van der Waals surface area contributed by atoms with E-state index in [2.05, 4.69) is 25.5 Å². The van der Waals surface area contributed by atoms with Gasteiger partial charge >= 0.3 is 0 Å². The van der Waals surface area contributed by atoms with Crippen molar-refractivity contribution in [3.63, 3.8) is 0 Å². The smallest absolute Gasteiger partial charge is 0.230 e. The molecule has 142 valence electrons. The molecule has 2 saturated heterocycles. The Labute approximate surface area is 166 Å². The Morgan fingerprint density at radius 3 is 2.80 bits per heavy atom. The average molecular weight is 407 g/mol. The van der Waals surface area contributed by atoms with Gasteiger partial charge in [-0.15, -0.1) is 36.2 Å². The summed E-state index contributed by atoms with van der Waals surface area (Å²) in [4.78, 5) is 22.2. The van der Waals surface area contributed by atoms with Crippen LogP contribution in [0.1, 0.15) is 31.4 Å². The minimum Gasteiger partial charge on any atom is -0.340 e. The first-order chi connectivity index (χ1) is 11.3. The fourth-order valence-electron chi connectivity index (χ4n) is 4.64. The van der Waals surface area contributed by atoms with Crippen LogP contribution < -0.4 is 5.32 Å². The van der Waals surface area contributed by atoms with Gasteiger partial charge in [0.2, 0.25) is 5.91 Å². The van der Waals surface area contributed by atoms with Gasteiger partial charge in [0.15, 0.2) is 0 Å². The van der Waals surface area contributed by atoms with E-state index in [0.717, 1.165) is 57.9 Å². The van der Waals surface area contributed by atoms with Crippen molar-refractivity contribution in [2.75, 3.05) is 39.3 Å². The first-order valence-electron chi connectivity index (χ1n) is 8.87. The maximum atomic E-state index is 13.2. The summed E-state index contributed by atoms with van der Waals surface area (Å²) < 4.78 is 0. The molecule has 5 nitrogen and oxygen atoms in total. The van der Waals surface area contributed by atoms with Gasteiger partial charge in [-0.3, -0.25) is 9.69 Å². The number of nitrogens with zero attached hydrogens (tertiary/aromatic N) is 3. The molecule has 1 aliphatic carbocycles. The number of halogens is 2. The summed E-state index contributed by atoms with van der Waals surface area (Å²) in [5.74, 6) is 0.997. The highest BCUT2D eigenvalue weighted by atomic mass is 35.5. The van der Waals surface area contributed by atoms with Gasteiger partial charge in [0.1, 0.15) is 0 Å². The van der Waals surface area contributed by atoms with E-state index < -0.39 is 0 Å². The summed E-state index contributed by atoms with van der Waals surface area (Å²) >= 11 is 1.65. The normalized spacial score (nSPS) is 29.4. The van der Waals surface area contributed by atoms with E-state index in [-0.39, 0.29) is 30.2 Å². The van der Waals surface area contributed by atoms with Crippen molar-refractivity contribution >= 4 is 42.1 Å². The Hall–Kier alpha value is -0.400. The summed E-state index contributed by atoms with van der Waals surface area (Å²) in [6, 6.07) is 0. The van der Waals surface area contributed by atoms with Crippen LogP contribution in [0.2, 0.25) is 0 Å². The zero-order valence-electron chi connectivity index (χ0n) is 14.5. The lowest BCUT2D eigenvalue weighted by molar-refractivity contribution is -0.147. The number of amides is 1. The van der Waals surface area contributed by atoms with Crippen molar-refractivity contribution in [3.8, 4) is 0 Å². The molecule has 8 heteroatoms. The number of nitrogens with one attached hydrogen (secondary N) is 1. The molecule has 2 atom stereocenters. The van der Waals surface area contributed by atoms with Crippen LogP contribution in [0, 0.1) is 11.3 Å². The van der Waals surface area contributed by atoms with Crippen LogP contribution >= 0.6 is 36.2 Å². The largest absolute Gasteiger partial charge is 0.340 e. The van der Waals surface area contributed by atoms with E-state index in [0.29, 0.717) is 11.8 Å². The molecule has 3 fully saturated rings. The molecule has 1 aromatic rings. The number of rotatable bonds is 3. The van der Waals surface area contributed by atoms with Gasteiger partial charge in [-0.1, -0.05) is 12.8 Å². The maximum Gasteiger partial charge on any atom is 0.230 e. The van der Waals surface area contributed by atoms with Crippen LogP contribution in [0.4, 0.5) is 0 Å². The first-order valence-corrected chi connectivity index (χ1v) is 9.82. The number of carbonyl (C=O) groups excluding carboxylic acids is 1. The maximum absolute atomic E-state index is 13.2. The number of thiazole rings is 1. The topological polar surface area (TPSA) is 48.5 Å². The number of carbonyl (C=O) groups is 1. The SMILES string of the molecule is Cl.Cl.O=C(N1CCN(Cc2cscn2)CC1)[C@@]12CCCC[C@H]1CNC2. The number of hydrogen-bond acceptors (Lipinski definition) is 5. The molecule has 3 aliphatic rings. The van der Waals surface area contributed by atoms with Crippen molar-refractivity contribution < 1.29 is 4.79 Å². The number of aromatic nitrogens is 1. The highest BCUT2D eigenvalue weighted by Gasteiger charge is 2.51. The van der Waals surface area contributed by atoms with Gasteiger partial charge in [-0.25, -0.2) is 4.98 Å². The molecule has 1 amide bonds. The molecule has 4 rings (SSSR count). The van der Waals surface area contributed by atoms with E-state index in [1.807, 2.05) is 5.51 Å². The Balaban J connectivity index is 0.00000113. The molecule has 0 unspecified atom stereocenters. The summed E-state index contributed by atoms with van der Waals surface area (Å²) in [6.45, 7) is 6.54. The Bertz CT molecular complexity index is 551. The first kappa shape index (κ1) is 20.9. The average Bonchev–Trinajstić information content (AvgIpc) is 3.24. The van der Waals surface area contributed by atoms with Crippen LogP contribution in [-0.2, 0) is 11.3 Å². The number of piperazine rings is 1. The highest BCUT2D eigenvalue weighted by molar-refractivity contribution is 7.07. The molecule has 0 aromatic carbocycles. The van der Waals surface area contributed by atoms with Gasteiger partial charge < -0.3 is 10.2 Å². The van der Waals surface area contributed by atoms with Gasteiger partial charge in [0, 0.05) is 44.6 Å². The minimum atomic E-state index is -0.0880. The summed E-state index contributed by atoms with van der Waals surface area (Å²) in [7, 11) is 0. The lowest BCUT2D eigenvalue weighted by Crippen LogP contribution is -2.55. The number of hydrogen-bond donors (Lipinski definition) is 1. The molecule has 0 bridgehead atoms. The third-order valence-corrected chi connectivity index (χ3v) is 6.63. The van der Waals surface area contributed by atoms with Crippen LogP contribution in [0.15, 0.2) is 10.9 Å². The van der Waals surface area contributed by atoms with Crippen molar-refractivity contribution in [3.05, 3.63) is 16.6 Å². The lowest BCUT2D eigenvalue weighted by Gasteiger charge is -2.43. The van der Waals surface area contributed by atoms with Crippen LogP contribution in [0.3, 0.4) is 0 Å². The summed E-state index contributed by atoms with van der Waals surface area (Å²) in [5.41, 5.74) is 2.96. The second kappa shape index (κ2) is 9.00. The molecule has 0 radical (unpaired) electrons. The molecule has 1 N–H and O–H groups in total. The summed E-state index contributed by atoms with van der Waals surface area (Å²) in [5, 5.41) is 5.62. The molecule has 1 aromatic heterocycles. The van der Waals surface area contributed by atoms with Crippen molar-refractivity contribution in [2.45, 2.75) is 32.2 Å². The number of fused-ring (bicyclic) bond motifs is 1. The van der Waals surface area contributed by atoms with Gasteiger partial charge in [0.05, 0.1) is 16.6 Å². The summed E-state index contributed by atoms with van der Waals surface area (Å²) in [6.07, 6.45) is 4.82. The monoisotopic (exact) mass is 406 g/mol. The van der Waals surface area contributed by atoms with Crippen molar-refractivity contribution in [1.29, 1.82) is 0 Å². The van der Waals surface area contributed by atoms with Crippen molar-refractivity contribution in [1.82, 2.24) is 20.1 Å². The molecule has 0 spiro atoms. The highest BCUT2D eigenvalue weighted by Crippen LogP contribution is 2.45. The molecular weight excluding hydrogens is 379 g/mol. The fourth-order valence-corrected chi connectivity index (χ4v) is 5.19. The van der Waals surface area contributed by atoms with Gasteiger partial charge in [-0.2, -0.15) is 0 Å². The van der Waals surface area contributed by atoms with Gasteiger partial charge in [0.25, 0.3) is 0 Å². The van der Waals surface area contributed by atoms with Crippen molar-refractivity contribution in [2.24, 2.45) is 11.3 Å². The minimum absolute atomic E-state index is 0. The Morgan fingerprint density at radius 2 is 2.08 bits per heavy atom.